The Bertz CT molecular complexity index is 1020. The number of hydrazone groups is 1. The summed E-state index contributed by atoms with van der Waals surface area (Å²) in [6, 6.07) is 20.7. The molecule has 0 saturated carbocycles. The molecule has 0 heterocycles. The molecule has 0 aromatic heterocycles. The molecule has 6 nitrogen and oxygen atoms in total. The van der Waals surface area contributed by atoms with E-state index in [9.17, 15) is 9.59 Å². The Hall–Kier alpha value is -3.67. The minimum atomic E-state index is -0.403. The van der Waals surface area contributed by atoms with Crippen LogP contribution in [0.5, 0.6) is 5.75 Å². The summed E-state index contributed by atoms with van der Waals surface area (Å²) in [6.07, 6.45) is 3.65. The number of carbonyl (C=O) groups is 2. The quantitative estimate of drug-likeness (QED) is 0.323. The van der Waals surface area contributed by atoms with Crippen molar-refractivity contribution < 1.29 is 14.3 Å². The summed E-state index contributed by atoms with van der Waals surface area (Å²) in [6.45, 7) is 2.59. The monoisotopic (exact) mass is 403 g/mol. The van der Waals surface area contributed by atoms with Crippen molar-refractivity contribution in [3.8, 4) is 5.75 Å². The zero-order chi connectivity index (χ0) is 21.2. The number of nitrogens with one attached hydrogen (secondary N) is 2. The van der Waals surface area contributed by atoms with Gasteiger partial charge in [-0.25, -0.2) is 5.43 Å². The van der Waals surface area contributed by atoms with Crippen LogP contribution in [0.3, 0.4) is 0 Å². The molecule has 2 N–H and O–H groups in total. The number of carbonyl (C=O) groups excluding carboxylic acids is 2. The van der Waals surface area contributed by atoms with Gasteiger partial charge >= 0.3 is 0 Å². The number of unbranched alkanes of at least 4 members (excludes halogenated alkanes) is 1. The summed E-state index contributed by atoms with van der Waals surface area (Å²) in [7, 11) is 0. The lowest BCUT2D eigenvalue weighted by molar-refractivity contribution is -0.120. The highest BCUT2D eigenvalue weighted by atomic mass is 16.5. The Morgan fingerprint density at radius 1 is 1.00 bits per heavy atom. The SMILES string of the molecule is CCCCOc1ccc(C(=O)NCC(=O)N/N=C\c2cccc3ccccc23)cc1. The second-order valence-electron chi connectivity index (χ2n) is 6.77. The third kappa shape index (κ3) is 5.91. The predicted molar refractivity (Wildman–Crippen MR) is 119 cm³/mol. The zero-order valence-corrected chi connectivity index (χ0v) is 16.9. The molecular weight excluding hydrogens is 378 g/mol. The van der Waals surface area contributed by atoms with Crippen molar-refractivity contribution in [2.75, 3.05) is 13.2 Å². The van der Waals surface area contributed by atoms with Crippen LogP contribution in [0.2, 0.25) is 0 Å². The first-order valence-electron chi connectivity index (χ1n) is 9.98. The summed E-state index contributed by atoms with van der Waals surface area (Å²) in [4.78, 5) is 24.2. The van der Waals surface area contributed by atoms with E-state index >= 15 is 0 Å². The van der Waals surface area contributed by atoms with E-state index < -0.39 is 5.91 Å². The fourth-order valence-electron chi connectivity index (χ4n) is 2.88. The van der Waals surface area contributed by atoms with Crippen molar-refractivity contribution in [2.45, 2.75) is 19.8 Å². The Labute approximate surface area is 175 Å². The maximum atomic E-state index is 12.2. The topological polar surface area (TPSA) is 79.8 Å². The first-order valence-corrected chi connectivity index (χ1v) is 9.98. The average Bonchev–Trinajstić information content (AvgIpc) is 2.78. The van der Waals surface area contributed by atoms with Crippen LogP contribution < -0.4 is 15.5 Å². The third-order valence-corrected chi connectivity index (χ3v) is 4.51. The molecule has 0 radical (unpaired) electrons. The highest BCUT2D eigenvalue weighted by Gasteiger charge is 2.08. The second-order valence-corrected chi connectivity index (χ2v) is 6.77. The molecule has 0 fully saturated rings. The standard InChI is InChI=1S/C24H25N3O3/c1-2-3-15-30-21-13-11-19(12-14-21)24(29)25-17-23(28)27-26-16-20-9-6-8-18-7-4-5-10-22(18)20/h4-14,16H,2-3,15,17H2,1H3,(H,25,29)(H,27,28)/b26-16-. The van der Waals surface area contributed by atoms with E-state index in [1.54, 1.807) is 30.5 Å². The van der Waals surface area contributed by atoms with Gasteiger partial charge in [-0.3, -0.25) is 9.59 Å². The molecule has 0 spiro atoms. The molecule has 3 aromatic carbocycles. The van der Waals surface area contributed by atoms with E-state index in [4.69, 9.17) is 4.74 Å². The van der Waals surface area contributed by atoms with E-state index in [0.717, 1.165) is 34.9 Å². The molecular formula is C24H25N3O3. The Morgan fingerprint density at radius 3 is 2.57 bits per heavy atom. The zero-order valence-electron chi connectivity index (χ0n) is 16.9. The van der Waals surface area contributed by atoms with Crippen molar-refractivity contribution in [2.24, 2.45) is 5.10 Å². The van der Waals surface area contributed by atoms with Crippen LogP contribution in [0.4, 0.5) is 0 Å². The van der Waals surface area contributed by atoms with Gasteiger partial charge in [-0.1, -0.05) is 55.8 Å². The molecule has 0 aliphatic carbocycles. The van der Waals surface area contributed by atoms with Gasteiger partial charge in [-0.15, -0.1) is 0 Å². The maximum Gasteiger partial charge on any atom is 0.259 e. The van der Waals surface area contributed by atoms with Crippen LogP contribution in [0.25, 0.3) is 10.8 Å². The molecule has 3 aromatic rings. The minimum Gasteiger partial charge on any atom is -0.494 e. The normalized spacial score (nSPS) is 10.8. The average molecular weight is 403 g/mol. The molecule has 0 bridgehead atoms. The number of nitrogens with zero attached hydrogens (tertiary/aromatic N) is 1. The van der Waals surface area contributed by atoms with Gasteiger partial charge in [0.1, 0.15) is 5.75 Å². The van der Waals surface area contributed by atoms with E-state index in [2.05, 4.69) is 22.8 Å². The number of ether oxygens (including phenoxy) is 1. The van der Waals surface area contributed by atoms with Crippen molar-refractivity contribution in [3.05, 3.63) is 77.9 Å². The van der Waals surface area contributed by atoms with Crippen LogP contribution in [-0.2, 0) is 4.79 Å². The molecule has 0 unspecified atom stereocenters. The lowest BCUT2D eigenvalue weighted by atomic mass is 10.1. The molecule has 6 heteroatoms. The first-order chi connectivity index (χ1) is 14.7. The van der Waals surface area contributed by atoms with Gasteiger partial charge in [0.2, 0.25) is 0 Å². The van der Waals surface area contributed by atoms with E-state index in [0.29, 0.717) is 12.2 Å². The second kappa shape index (κ2) is 10.8. The summed E-state index contributed by atoms with van der Waals surface area (Å²) < 4.78 is 5.58. The van der Waals surface area contributed by atoms with Gasteiger partial charge in [0.15, 0.2) is 0 Å². The van der Waals surface area contributed by atoms with Crippen LogP contribution in [-0.4, -0.2) is 31.2 Å². The van der Waals surface area contributed by atoms with Crippen LogP contribution in [0, 0.1) is 0 Å². The van der Waals surface area contributed by atoms with Gasteiger partial charge in [-0.2, -0.15) is 5.10 Å². The number of amides is 2. The number of rotatable bonds is 9. The largest absolute Gasteiger partial charge is 0.494 e. The number of fused-ring (bicyclic) bond motifs is 1. The summed E-state index contributed by atoms with van der Waals surface area (Å²) in [5, 5.41) is 8.73. The highest BCUT2D eigenvalue weighted by molar-refractivity contribution is 6.00. The molecule has 154 valence electrons. The molecule has 3 rings (SSSR count). The Morgan fingerprint density at radius 2 is 1.77 bits per heavy atom. The predicted octanol–water partition coefficient (Wildman–Crippen LogP) is 3.90. The van der Waals surface area contributed by atoms with Gasteiger partial charge in [0.05, 0.1) is 19.4 Å². The van der Waals surface area contributed by atoms with Crippen molar-refractivity contribution in [1.29, 1.82) is 0 Å². The van der Waals surface area contributed by atoms with Crippen LogP contribution in [0.1, 0.15) is 35.7 Å². The summed E-state index contributed by atoms with van der Waals surface area (Å²) in [5.41, 5.74) is 3.80. The van der Waals surface area contributed by atoms with Crippen molar-refractivity contribution in [3.63, 3.8) is 0 Å². The molecule has 0 saturated heterocycles. The van der Waals surface area contributed by atoms with Gasteiger partial charge in [0.25, 0.3) is 11.8 Å². The minimum absolute atomic E-state index is 0.166. The molecule has 0 atom stereocenters. The molecule has 2 amide bonds. The summed E-state index contributed by atoms with van der Waals surface area (Å²) in [5.74, 6) is -0.0110. The number of hydrogen-bond donors (Lipinski definition) is 2. The van der Waals surface area contributed by atoms with Gasteiger partial charge in [-0.05, 0) is 41.5 Å². The Kier molecular flexibility index (Phi) is 7.55. The van der Waals surface area contributed by atoms with Gasteiger partial charge in [0, 0.05) is 11.1 Å². The fraction of sp³-hybridized carbons (Fsp3) is 0.208. The maximum absolute atomic E-state index is 12.2. The van der Waals surface area contributed by atoms with Crippen LogP contribution in [0.15, 0.2) is 71.8 Å². The van der Waals surface area contributed by atoms with E-state index in [1.807, 2.05) is 42.5 Å². The molecule has 0 aliphatic heterocycles. The Balaban J connectivity index is 1.47. The lowest BCUT2D eigenvalue weighted by Crippen LogP contribution is -2.34. The van der Waals surface area contributed by atoms with Crippen LogP contribution >= 0.6 is 0 Å². The first kappa shape index (κ1) is 21.0. The van der Waals surface area contributed by atoms with E-state index in [-0.39, 0.29) is 12.5 Å². The van der Waals surface area contributed by atoms with Crippen molar-refractivity contribution >= 4 is 28.8 Å². The van der Waals surface area contributed by atoms with Gasteiger partial charge < -0.3 is 10.1 Å². The summed E-state index contributed by atoms with van der Waals surface area (Å²) >= 11 is 0. The van der Waals surface area contributed by atoms with Crippen molar-refractivity contribution in [1.82, 2.24) is 10.7 Å². The number of hydrogen-bond acceptors (Lipinski definition) is 4. The molecule has 0 aliphatic rings. The fourth-order valence-corrected chi connectivity index (χ4v) is 2.88. The number of benzene rings is 3. The third-order valence-electron chi connectivity index (χ3n) is 4.51. The lowest BCUT2D eigenvalue weighted by Gasteiger charge is -2.07. The smallest absolute Gasteiger partial charge is 0.259 e. The molecule has 30 heavy (non-hydrogen) atoms. The highest BCUT2D eigenvalue weighted by Crippen LogP contribution is 2.16. The van der Waals surface area contributed by atoms with E-state index in [1.165, 1.54) is 0 Å².